The van der Waals surface area contributed by atoms with Crippen LogP contribution in [0.4, 0.5) is 0 Å². The van der Waals surface area contributed by atoms with E-state index in [9.17, 15) is 4.79 Å². The average molecular weight is 247 g/mol. The van der Waals surface area contributed by atoms with Crippen molar-refractivity contribution in [3.63, 3.8) is 0 Å². The number of carbonyl (C=O) groups is 1. The van der Waals surface area contributed by atoms with Gasteiger partial charge in [-0.05, 0) is 43.1 Å². The van der Waals surface area contributed by atoms with Crippen molar-refractivity contribution in [1.29, 1.82) is 0 Å². The standard InChI is InChI=1S/C15H21NO2/c16-10-14(15(17)18)13-8-6-12(7-9-13)11-4-2-1-3-5-11/h1-5,12-14H,6-10,16H2,(H,17,18). The average Bonchev–Trinajstić information content (AvgIpc) is 2.41. The summed E-state index contributed by atoms with van der Waals surface area (Å²) in [5.74, 6) is -0.246. The zero-order valence-corrected chi connectivity index (χ0v) is 10.6. The highest BCUT2D eigenvalue weighted by Gasteiger charge is 2.31. The minimum atomic E-state index is -0.735. The molecule has 1 aliphatic carbocycles. The summed E-state index contributed by atoms with van der Waals surface area (Å²) in [6.45, 7) is 0.260. The van der Waals surface area contributed by atoms with E-state index in [4.69, 9.17) is 10.8 Å². The van der Waals surface area contributed by atoms with E-state index in [1.54, 1.807) is 0 Å². The fourth-order valence-electron chi connectivity index (χ4n) is 3.08. The zero-order valence-electron chi connectivity index (χ0n) is 10.6. The van der Waals surface area contributed by atoms with Gasteiger partial charge in [0.25, 0.3) is 0 Å². The molecule has 1 saturated carbocycles. The van der Waals surface area contributed by atoms with E-state index in [1.165, 1.54) is 5.56 Å². The van der Waals surface area contributed by atoms with Crippen molar-refractivity contribution in [1.82, 2.24) is 0 Å². The molecule has 0 aliphatic heterocycles. The molecule has 3 N–H and O–H groups in total. The second kappa shape index (κ2) is 6.01. The van der Waals surface area contributed by atoms with E-state index < -0.39 is 5.97 Å². The number of carboxylic acid groups (broad SMARTS) is 1. The first-order chi connectivity index (χ1) is 8.72. The van der Waals surface area contributed by atoms with Gasteiger partial charge in [-0.3, -0.25) is 4.79 Å². The van der Waals surface area contributed by atoms with E-state index in [1.807, 2.05) is 6.07 Å². The Morgan fingerprint density at radius 3 is 2.33 bits per heavy atom. The molecule has 0 aromatic heterocycles. The third-order valence-electron chi connectivity index (χ3n) is 4.18. The van der Waals surface area contributed by atoms with Gasteiger partial charge in [0.2, 0.25) is 0 Å². The molecular formula is C15H21NO2. The van der Waals surface area contributed by atoms with Gasteiger partial charge in [-0.15, -0.1) is 0 Å². The lowest BCUT2D eigenvalue weighted by molar-refractivity contribution is -0.143. The molecule has 1 atom stereocenters. The van der Waals surface area contributed by atoms with Crippen LogP contribution in [0, 0.1) is 11.8 Å². The Morgan fingerprint density at radius 2 is 1.83 bits per heavy atom. The van der Waals surface area contributed by atoms with Gasteiger partial charge in [0.05, 0.1) is 5.92 Å². The lowest BCUT2D eigenvalue weighted by atomic mass is 9.74. The largest absolute Gasteiger partial charge is 0.481 e. The van der Waals surface area contributed by atoms with Crippen LogP contribution in [0.3, 0.4) is 0 Å². The Hall–Kier alpha value is -1.35. The van der Waals surface area contributed by atoms with Crippen LogP contribution >= 0.6 is 0 Å². The molecule has 0 amide bonds. The molecule has 0 spiro atoms. The first kappa shape index (κ1) is 13.1. The fraction of sp³-hybridized carbons (Fsp3) is 0.533. The van der Waals surface area contributed by atoms with Crippen LogP contribution in [0.1, 0.15) is 37.2 Å². The fourth-order valence-corrected chi connectivity index (χ4v) is 3.08. The van der Waals surface area contributed by atoms with Crippen LogP contribution < -0.4 is 5.73 Å². The summed E-state index contributed by atoms with van der Waals surface area (Å²) < 4.78 is 0. The Balaban J connectivity index is 1.94. The van der Waals surface area contributed by atoms with Gasteiger partial charge in [-0.1, -0.05) is 30.3 Å². The van der Waals surface area contributed by atoms with Crippen LogP contribution in [-0.2, 0) is 4.79 Å². The predicted octanol–water partition coefficient (Wildman–Crippen LogP) is 2.62. The van der Waals surface area contributed by atoms with Gasteiger partial charge < -0.3 is 10.8 Å². The Labute approximate surface area is 108 Å². The van der Waals surface area contributed by atoms with Gasteiger partial charge in [0.1, 0.15) is 0 Å². The highest BCUT2D eigenvalue weighted by Crippen LogP contribution is 2.38. The van der Waals surface area contributed by atoms with Crippen LogP contribution in [0.5, 0.6) is 0 Å². The van der Waals surface area contributed by atoms with Crippen molar-refractivity contribution in [2.45, 2.75) is 31.6 Å². The van der Waals surface area contributed by atoms with Crippen LogP contribution in [0.25, 0.3) is 0 Å². The minimum absolute atomic E-state index is 0.257. The Bertz CT molecular complexity index is 383. The third-order valence-corrected chi connectivity index (χ3v) is 4.18. The van der Waals surface area contributed by atoms with Crippen molar-refractivity contribution >= 4 is 5.97 Å². The van der Waals surface area contributed by atoms with Gasteiger partial charge in [0, 0.05) is 6.54 Å². The maximum atomic E-state index is 11.1. The lowest BCUT2D eigenvalue weighted by Crippen LogP contribution is -2.33. The number of nitrogens with two attached hydrogens (primary N) is 1. The SMILES string of the molecule is NCC(C(=O)O)C1CCC(c2ccccc2)CC1. The normalized spacial score (nSPS) is 25.6. The van der Waals surface area contributed by atoms with E-state index in [0.29, 0.717) is 5.92 Å². The number of hydrogen-bond acceptors (Lipinski definition) is 2. The van der Waals surface area contributed by atoms with Crippen molar-refractivity contribution in [2.24, 2.45) is 17.6 Å². The van der Waals surface area contributed by atoms with E-state index in [-0.39, 0.29) is 18.4 Å². The molecule has 3 nitrogen and oxygen atoms in total. The second-order valence-corrected chi connectivity index (χ2v) is 5.20. The molecule has 2 rings (SSSR count). The molecule has 0 saturated heterocycles. The first-order valence-corrected chi connectivity index (χ1v) is 6.70. The van der Waals surface area contributed by atoms with E-state index in [2.05, 4.69) is 24.3 Å². The Morgan fingerprint density at radius 1 is 1.22 bits per heavy atom. The van der Waals surface area contributed by atoms with Crippen LogP contribution in [0.15, 0.2) is 30.3 Å². The Kier molecular flexibility index (Phi) is 4.37. The molecule has 0 radical (unpaired) electrons. The summed E-state index contributed by atoms with van der Waals surface area (Å²) in [5.41, 5.74) is 6.95. The number of aliphatic carboxylic acids is 1. The maximum absolute atomic E-state index is 11.1. The molecule has 1 aromatic carbocycles. The summed E-state index contributed by atoms with van der Waals surface area (Å²) in [7, 11) is 0. The molecule has 0 heterocycles. The molecule has 3 heteroatoms. The maximum Gasteiger partial charge on any atom is 0.308 e. The zero-order chi connectivity index (χ0) is 13.0. The van der Waals surface area contributed by atoms with Gasteiger partial charge >= 0.3 is 5.97 Å². The molecule has 0 bridgehead atoms. The monoisotopic (exact) mass is 247 g/mol. The topological polar surface area (TPSA) is 63.3 Å². The molecule has 1 aliphatic rings. The highest BCUT2D eigenvalue weighted by atomic mass is 16.4. The summed E-state index contributed by atoms with van der Waals surface area (Å²) >= 11 is 0. The molecule has 1 fully saturated rings. The molecule has 1 unspecified atom stereocenters. The molecule has 98 valence electrons. The second-order valence-electron chi connectivity index (χ2n) is 5.20. The van der Waals surface area contributed by atoms with E-state index in [0.717, 1.165) is 25.7 Å². The quantitative estimate of drug-likeness (QED) is 0.859. The lowest BCUT2D eigenvalue weighted by Gasteiger charge is -2.31. The summed E-state index contributed by atoms with van der Waals surface area (Å²) in [6.07, 6.45) is 4.12. The van der Waals surface area contributed by atoms with Gasteiger partial charge in [-0.25, -0.2) is 0 Å². The summed E-state index contributed by atoms with van der Waals surface area (Å²) in [6, 6.07) is 10.5. The molecule has 18 heavy (non-hydrogen) atoms. The van der Waals surface area contributed by atoms with Gasteiger partial charge in [-0.2, -0.15) is 0 Å². The molecular weight excluding hydrogens is 226 g/mol. The number of benzene rings is 1. The molecule has 1 aromatic rings. The smallest absolute Gasteiger partial charge is 0.308 e. The van der Waals surface area contributed by atoms with E-state index >= 15 is 0 Å². The summed E-state index contributed by atoms with van der Waals surface area (Å²) in [4.78, 5) is 11.1. The highest BCUT2D eigenvalue weighted by molar-refractivity contribution is 5.70. The first-order valence-electron chi connectivity index (χ1n) is 6.70. The minimum Gasteiger partial charge on any atom is -0.481 e. The van der Waals surface area contributed by atoms with Crippen molar-refractivity contribution < 1.29 is 9.90 Å². The van der Waals surface area contributed by atoms with Crippen molar-refractivity contribution in [2.75, 3.05) is 6.54 Å². The number of hydrogen-bond donors (Lipinski definition) is 2. The number of rotatable bonds is 4. The van der Waals surface area contributed by atoms with Crippen molar-refractivity contribution in [3.05, 3.63) is 35.9 Å². The predicted molar refractivity (Wildman–Crippen MR) is 71.3 cm³/mol. The van der Waals surface area contributed by atoms with Crippen LogP contribution in [-0.4, -0.2) is 17.6 Å². The van der Waals surface area contributed by atoms with Crippen LogP contribution in [0.2, 0.25) is 0 Å². The van der Waals surface area contributed by atoms with Gasteiger partial charge in [0.15, 0.2) is 0 Å². The summed E-state index contributed by atoms with van der Waals surface area (Å²) in [5, 5.41) is 9.13. The number of carboxylic acids is 1. The van der Waals surface area contributed by atoms with Crippen molar-refractivity contribution in [3.8, 4) is 0 Å². The third kappa shape index (κ3) is 2.91.